The summed E-state index contributed by atoms with van der Waals surface area (Å²) in [7, 11) is 2.70. The highest BCUT2D eigenvalue weighted by atomic mass is 16.5. The van der Waals surface area contributed by atoms with E-state index in [1.54, 1.807) is 0 Å². The summed E-state index contributed by atoms with van der Waals surface area (Å²) < 4.78 is 5.70. The molecule has 0 amide bonds. The van der Waals surface area contributed by atoms with Gasteiger partial charge < -0.3 is 14.4 Å². The lowest BCUT2D eigenvalue weighted by atomic mass is 10.3. The van der Waals surface area contributed by atoms with E-state index in [0.717, 1.165) is 0 Å². The third kappa shape index (κ3) is 1.51. The van der Waals surface area contributed by atoms with E-state index in [0.29, 0.717) is 0 Å². The Morgan fingerprint density at radius 3 is 2.69 bits per heavy atom. The molecule has 0 atom stereocenters. The van der Waals surface area contributed by atoms with Crippen molar-refractivity contribution in [2.24, 2.45) is 7.05 Å². The highest BCUT2D eigenvalue weighted by molar-refractivity contribution is 5.99. The molecular formula is C7H8N2O4. The molecule has 0 radical (unpaired) electrons. The van der Waals surface area contributed by atoms with Crippen LogP contribution >= 0.6 is 0 Å². The van der Waals surface area contributed by atoms with Gasteiger partial charge in [-0.3, -0.25) is 0 Å². The average molecular weight is 184 g/mol. The molecule has 70 valence electrons. The van der Waals surface area contributed by atoms with Gasteiger partial charge in [0.25, 0.3) is 0 Å². The molecule has 0 aliphatic carbocycles. The quantitative estimate of drug-likeness (QED) is 0.649. The Balaban J connectivity index is 3.24. The van der Waals surface area contributed by atoms with Gasteiger partial charge in [-0.1, -0.05) is 0 Å². The van der Waals surface area contributed by atoms with Crippen LogP contribution in [0.4, 0.5) is 0 Å². The lowest BCUT2D eigenvalue weighted by Gasteiger charge is -2.00. The Bertz CT molecular complexity index is 355. The van der Waals surface area contributed by atoms with Crippen LogP contribution in [-0.4, -0.2) is 33.7 Å². The van der Waals surface area contributed by atoms with Crippen LogP contribution in [0, 0.1) is 0 Å². The number of methoxy groups -OCH3 is 1. The van der Waals surface area contributed by atoms with E-state index in [1.165, 1.54) is 25.1 Å². The average Bonchev–Trinajstić information content (AvgIpc) is 2.46. The molecular weight excluding hydrogens is 176 g/mol. The minimum absolute atomic E-state index is 0.0602. The van der Waals surface area contributed by atoms with Crippen molar-refractivity contribution < 1.29 is 19.4 Å². The first-order valence-electron chi connectivity index (χ1n) is 3.41. The summed E-state index contributed by atoms with van der Waals surface area (Å²) in [6, 6.07) is 0. The minimum Gasteiger partial charge on any atom is -0.476 e. The fraction of sp³-hybridized carbons (Fsp3) is 0.286. The molecule has 13 heavy (non-hydrogen) atoms. The number of imidazole rings is 1. The molecule has 0 saturated carbocycles. The van der Waals surface area contributed by atoms with Gasteiger partial charge in [0.05, 0.1) is 13.4 Å². The molecule has 0 aliphatic rings. The summed E-state index contributed by atoms with van der Waals surface area (Å²) in [6.07, 6.45) is 1.25. The molecule has 6 nitrogen and oxygen atoms in total. The summed E-state index contributed by atoms with van der Waals surface area (Å²) in [6.45, 7) is 0. The van der Waals surface area contributed by atoms with Crippen LogP contribution in [0.3, 0.4) is 0 Å². The second-order valence-corrected chi connectivity index (χ2v) is 2.35. The maximum absolute atomic E-state index is 11.1. The number of hydrogen-bond donors (Lipinski definition) is 1. The zero-order chi connectivity index (χ0) is 10.0. The van der Waals surface area contributed by atoms with Crippen LogP contribution in [-0.2, 0) is 11.8 Å². The van der Waals surface area contributed by atoms with Crippen molar-refractivity contribution in [3.05, 3.63) is 17.7 Å². The molecule has 1 heterocycles. The summed E-state index contributed by atoms with van der Waals surface area (Å²) in [5.74, 6) is -1.96. The molecule has 0 unspecified atom stereocenters. The molecule has 1 N–H and O–H groups in total. The molecule has 0 bridgehead atoms. The number of carbonyl (C=O) groups excluding carboxylic acids is 1. The zero-order valence-corrected chi connectivity index (χ0v) is 7.14. The third-order valence-electron chi connectivity index (χ3n) is 1.52. The van der Waals surface area contributed by atoms with Crippen molar-refractivity contribution >= 4 is 11.9 Å². The molecule has 0 saturated heterocycles. The molecule has 1 aromatic rings. The smallest absolute Gasteiger partial charge is 0.357 e. The van der Waals surface area contributed by atoms with Crippen LogP contribution in [0.2, 0.25) is 0 Å². The maximum atomic E-state index is 11.1. The van der Waals surface area contributed by atoms with Crippen molar-refractivity contribution in [3.63, 3.8) is 0 Å². The topological polar surface area (TPSA) is 81.4 Å². The first-order chi connectivity index (χ1) is 6.07. The summed E-state index contributed by atoms with van der Waals surface area (Å²) in [4.78, 5) is 25.2. The standard InChI is InChI=1S/C7H8N2O4/c1-9-3-8-4(6(10)11)5(9)7(12)13-2/h3H,1-2H3,(H,10,11). The number of aromatic carboxylic acids is 1. The number of carbonyl (C=O) groups is 2. The molecule has 0 aliphatic heterocycles. The van der Waals surface area contributed by atoms with Gasteiger partial charge in [0, 0.05) is 7.05 Å². The number of esters is 1. The van der Waals surface area contributed by atoms with Gasteiger partial charge in [-0.15, -0.1) is 0 Å². The second-order valence-electron chi connectivity index (χ2n) is 2.35. The molecule has 0 spiro atoms. The van der Waals surface area contributed by atoms with Gasteiger partial charge in [0.2, 0.25) is 0 Å². The van der Waals surface area contributed by atoms with Crippen molar-refractivity contribution in [1.82, 2.24) is 9.55 Å². The SMILES string of the molecule is COC(=O)c1c(C(=O)O)ncn1C. The minimum atomic E-state index is -1.25. The lowest BCUT2D eigenvalue weighted by Crippen LogP contribution is -2.12. The normalized spacial score (nSPS) is 9.69. The fourth-order valence-electron chi connectivity index (χ4n) is 0.924. The monoisotopic (exact) mass is 184 g/mol. The third-order valence-corrected chi connectivity index (χ3v) is 1.52. The van der Waals surface area contributed by atoms with Gasteiger partial charge in [-0.2, -0.15) is 0 Å². The van der Waals surface area contributed by atoms with E-state index in [4.69, 9.17) is 5.11 Å². The first kappa shape index (κ1) is 9.24. The van der Waals surface area contributed by atoms with Crippen molar-refractivity contribution in [3.8, 4) is 0 Å². The fourth-order valence-corrected chi connectivity index (χ4v) is 0.924. The Morgan fingerprint density at radius 1 is 1.62 bits per heavy atom. The van der Waals surface area contributed by atoms with E-state index in [1.807, 2.05) is 0 Å². The van der Waals surface area contributed by atoms with Crippen LogP contribution in [0.1, 0.15) is 21.0 Å². The molecule has 6 heteroatoms. The first-order valence-corrected chi connectivity index (χ1v) is 3.41. The van der Waals surface area contributed by atoms with Crippen molar-refractivity contribution in [2.45, 2.75) is 0 Å². The Labute approximate surface area is 73.8 Å². The van der Waals surface area contributed by atoms with Crippen LogP contribution in [0.15, 0.2) is 6.33 Å². The van der Waals surface area contributed by atoms with E-state index >= 15 is 0 Å². The molecule has 1 rings (SSSR count). The number of hydrogen-bond acceptors (Lipinski definition) is 4. The summed E-state index contributed by atoms with van der Waals surface area (Å²) >= 11 is 0. The van der Waals surface area contributed by atoms with Crippen molar-refractivity contribution in [1.29, 1.82) is 0 Å². The van der Waals surface area contributed by atoms with Gasteiger partial charge in [-0.05, 0) is 0 Å². The predicted molar refractivity (Wildman–Crippen MR) is 41.5 cm³/mol. The van der Waals surface area contributed by atoms with E-state index in [2.05, 4.69) is 9.72 Å². The van der Waals surface area contributed by atoms with Gasteiger partial charge >= 0.3 is 11.9 Å². The second kappa shape index (κ2) is 3.26. The number of rotatable bonds is 2. The number of nitrogens with zero attached hydrogens (tertiary/aromatic N) is 2. The number of ether oxygens (including phenoxy) is 1. The highest BCUT2D eigenvalue weighted by Gasteiger charge is 2.22. The van der Waals surface area contributed by atoms with Crippen LogP contribution in [0.5, 0.6) is 0 Å². The van der Waals surface area contributed by atoms with E-state index < -0.39 is 11.9 Å². The highest BCUT2D eigenvalue weighted by Crippen LogP contribution is 2.07. The van der Waals surface area contributed by atoms with Gasteiger partial charge in [0.15, 0.2) is 11.4 Å². The number of aromatic nitrogens is 2. The maximum Gasteiger partial charge on any atom is 0.357 e. The van der Waals surface area contributed by atoms with Crippen molar-refractivity contribution in [2.75, 3.05) is 7.11 Å². The van der Waals surface area contributed by atoms with Crippen LogP contribution < -0.4 is 0 Å². The Kier molecular flexibility index (Phi) is 2.32. The molecule has 1 aromatic heterocycles. The largest absolute Gasteiger partial charge is 0.476 e. The molecule has 0 fully saturated rings. The van der Waals surface area contributed by atoms with E-state index in [9.17, 15) is 9.59 Å². The predicted octanol–water partition coefficient (Wildman–Crippen LogP) is -0.0951. The zero-order valence-electron chi connectivity index (χ0n) is 7.14. The van der Waals surface area contributed by atoms with Gasteiger partial charge in [0.1, 0.15) is 0 Å². The summed E-state index contributed by atoms with van der Waals surface area (Å²) in [5, 5.41) is 8.64. The number of aryl methyl sites for hydroxylation is 1. The Morgan fingerprint density at radius 2 is 2.23 bits per heavy atom. The summed E-state index contributed by atoms with van der Waals surface area (Å²) in [5.41, 5.74) is -0.357. The van der Waals surface area contributed by atoms with Gasteiger partial charge in [-0.25, -0.2) is 14.6 Å². The number of carboxylic acids is 1. The molecule has 0 aromatic carbocycles. The van der Waals surface area contributed by atoms with E-state index in [-0.39, 0.29) is 11.4 Å². The number of carboxylic acid groups (broad SMARTS) is 1. The lowest BCUT2D eigenvalue weighted by molar-refractivity contribution is 0.0571. The Hall–Kier alpha value is -1.85. The van der Waals surface area contributed by atoms with Crippen LogP contribution in [0.25, 0.3) is 0 Å².